The van der Waals surface area contributed by atoms with Crippen LogP contribution in [0.1, 0.15) is 37.7 Å². The van der Waals surface area contributed by atoms with Gasteiger partial charge in [-0.25, -0.2) is 0 Å². The average Bonchev–Trinajstić information content (AvgIpc) is 2.60. The number of thioether (sulfide) groups is 1. The predicted octanol–water partition coefficient (Wildman–Crippen LogP) is 3.65. The Morgan fingerprint density at radius 1 is 1.30 bits per heavy atom. The maximum atomic E-state index is 12.1. The molecule has 0 atom stereocenters. The number of benzene rings is 1. The standard InChI is InChI=1S/C18H26N2O2S/c1-19-18(14-8-4-3-5-9-14)23-13-20-17(21)12-15-10-6-7-11-16(15)22-2/h6-7,10-11,14H,3-5,8-9,12-13H2,1-2H3,(H,20,21)/b19-18-. The SMILES string of the molecule is C/N=C(\SCNC(=O)Cc1ccccc1OC)C1CCCCC1. The van der Waals surface area contributed by atoms with Crippen LogP contribution in [0.25, 0.3) is 0 Å². The summed E-state index contributed by atoms with van der Waals surface area (Å²) in [4.78, 5) is 16.5. The molecule has 0 aromatic heterocycles. The molecule has 0 heterocycles. The van der Waals surface area contributed by atoms with Crippen LogP contribution in [0.2, 0.25) is 0 Å². The van der Waals surface area contributed by atoms with E-state index in [4.69, 9.17) is 4.74 Å². The lowest BCUT2D eigenvalue weighted by Crippen LogP contribution is -2.26. The number of ether oxygens (including phenoxy) is 1. The molecule has 23 heavy (non-hydrogen) atoms. The summed E-state index contributed by atoms with van der Waals surface area (Å²) in [5, 5.41) is 4.16. The lowest BCUT2D eigenvalue weighted by Gasteiger charge is -2.22. The number of para-hydroxylation sites is 1. The summed E-state index contributed by atoms with van der Waals surface area (Å²) < 4.78 is 5.28. The lowest BCUT2D eigenvalue weighted by molar-refractivity contribution is -0.120. The highest BCUT2D eigenvalue weighted by atomic mass is 32.2. The van der Waals surface area contributed by atoms with E-state index in [9.17, 15) is 4.79 Å². The first kappa shape index (κ1) is 17.9. The molecule has 0 bridgehead atoms. The number of carbonyl (C=O) groups excluding carboxylic acids is 1. The van der Waals surface area contributed by atoms with Gasteiger partial charge in [0, 0.05) is 18.5 Å². The van der Waals surface area contributed by atoms with Crippen LogP contribution < -0.4 is 10.1 Å². The molecule has 1 aliphatic carbocycles. The number of nitrogens with one attached hydrogen (secondary N) is 1. The van der Waals surface area contributed by atoms with Crippen LogP contribution in [-0.4, -0.2) is 31.0 Å². The highest BCUT2D eigenvalue weighted by Gasteiger charge is 2.19. The normalized spacial score (nSPS) is 16.2. The van der Waals surface area contributed by atoms with Gasteiger partial charge in [-0.2, -0.15) is 0 Å². The first-order valence-corrected chi connectivity index (χ1v) is 9.21. The number of nitrogens with zero attached hydrogens (tertiary/aromatic N) is 1. The molecule has 1 N–H and O–H groups in total. The van der Waals surface area contributed by atoms with Crippen molar-refractivity contribution >= 4 is 22.7 Å². The monoisotopic (exact) mass is 334 g/mol. The third-order valence-corrected chi connectivity index (χ3v) is 5.31. The second kappa shape index (κ2) is 9.60. The molecule has 2 rings (SSSR count). The fourth-order valence-electron chi connectivity index (χ4n) is 2.99. The van der Waals surface area contributed by atoms with E-state index in [1.165, 1.54) is 37.1 Å². The summed E-state index contributed by atoms with van der Waals surface area (Å²) in [7, 11) is 3.48. The molecule has 1 aliphatic rings. The third-order valence-electron chi connectivity index (χ3n) is 4.21. The molecule has 1 amide bonds. The van der Waals surface area contributed by atoms with Crippen molar-refractivity contribution in [2.75, 3.05) is 20.0 Å². The molecule has 1 aromatic rings. The second-order valence-electron chi connectivity index (χ2n) is 5.77. The number of hydrogen-bond acceptors (Lipinski definition) is 4. The van der Waals surface area contributed by atoms with E-state index in [-0.39, 0.29) is 5.91 Å². The maximum Gasteiger partial charge on any atom is 0.225 e. The first-order valence-electron chi connectivity index (χ1n) is 8.22. The highest BCUT2D eigenvalue weighted by molar-refractivity contribution is 8.13. The van der Waals surface area contributed by atoms with Gasteiger partial charge in [0.1, 0.15) is 5.75 Å². The number of aliphatic imine (C=N–C) groups is 1. The predicted molar refractivity (Wildman–Crippen MR) is 97.2 cm³/mol. The van der Waals surface area contributed by atoms with E-state index >= 15 is 0 Å². The molecule has 0 aliphatic heterocycles. The number of rotatable bonds is 6. The van der Waals surface area contributed by atoms with Gasteiger partial charge in [-0.05, 0) is 18.9 Å². The van der Waals surface area contributed by atoms with E-state index in [0.717, 1.165) is 11.3 Å². The number of hydrogen-bond donors (Lipinski definition) is 1. The van der Waals surface area contributed by atoms with Crippen LogP contribution in [0.4, 0.5) is 0 Å². The van der Waals surface area contributed by atoms with Gasteiger partial charge in [-0.15, -0.1) is 0 Å². The molecular formula is C18H26N2O2S. The summed E-state index contributed by atoms with van der Waals surface area (Å²) in [6.07, 6.45) is 6.74. The molecule has 5 heteroatoms. The first-order chi connectivity index (χ1) is 11.2. The van der Waals surface area contributed by atoms with Gasteiger partial charge >= 0.3 is 0 Å². The Balaban J connectivity index is 1.77. The summed E-state index contributed by atoms with van der Waals surface area (Å²) in [6, 6.07) is 7.63. The Hall–Kier alpha value is -1.49. The van der Waals surface area contributed by atoms with Gasteiger partial charge in [0.05, 0.1) is 24.5 Å². The molecule has 0 radical (unpaired) electrons. The van der Waals surface area contributed by atoms with E-state index in [0.29, 0.717) is 18.2 Å². The van der Waals surface area contributed by atoms with Gasteiger partial charge in [0.2, 0.25) is 5.91 Å². The van der Waals surface area contributed by atoms with Crippen molar-refractivity contribution in [2.45, 2.75) is 38.5 Å². The van der Waals surface area contributed by atoms with Gasteiger partial charge in [0.15, 0.2) is 0 Å². The van der Waals surface area contributed by atoms with Crippen molar-refractivity contribution in [3.05, 3.63) is 29.8 Å². The smallest absolute Gasteiger partial charge is 0.225 e. The fraction of sp³-hybridized carbons (Fsp3) is 0.556. The average molecular weight is 334 g/mol. The summed E-state index contributed by atoms with van der Waals surface area (Å²) in [6.45, 7) is 0. The van der Waals surface area contributed by atoms with E-state index < -0.39 is 0 Å². The van der Waals surface area contributed by atoms with Crippen molar-refractivity contribution in [3.8, 4) is 5.75 Å². The highest BCUT2D eigenvalue weighted by Crippen LogP contribution is 2.28. The molecule has 1 saturated carbocycles. The molecular weight excluding hydrogens is 308 g/mol. The Bertz CT molecular complexity index is 540. The Morgan fingerprint density at radius 2 is 2.04 bits per heavy atom. The number of methoxy groups -OCH3 is 1. The van der Waals surface area contributed by atoms with Crippen LogP contribution in [0.15, 0.2) is 29.3 Å². The van der Waals surface area contributed by atoms with Gasteiger partial charge in [0.25, 0.3) is 0 Å². The van der Waals surface area contributed by atoms with Crippen LogP contribution in [0.3, 0.4) is 0 Å². The summed E-state index contributed by atoms with van der Waals surface area (Å²) in [5.74, 6) is 1.94. The van der Waals surface area contributed by atoms with E-state index in [1.807, 2.05) is 31.3 Å². The van der Waals surface area contributed by atoms with Crippen LogP contribution in [0, 0.1) is 5.92 Å². The zero-order valence-corrected chi connectivity index (χ0v) is 14.8. The maximum absolute atomic E-state index is 12.1. The number of carbonyl (C=O) groups is 1. The zero-order valence-electron chi connectivity index (χ0n) is 14.0. The van der Waals surface area contributed by atoms with Crippen molar-refractivity contribution in [3.63, 3.8) is 0 Å². The molecule has 0 saturated heterocycles. The van der Waals surface area contributed by atoms with Crippen molar-refractivity contribution in [2.24, 2.45) is 10.9 Å². The largest absolute Gasteiger partial charge is 0.496 e. The second-order valence-corrected chi connectivity index (χ2v) is 6.77. The minimum atomic E-state index is 0.0149. The topological polar surface area (TPSA) is 50.7 Å². The lowest BCUT2D eigenvalue weighted by atomic mass is 9.90. The third kappa shape index (κ3) is 5.57. The summed E-state index contributed by atoms with van der Waals surface area (Å²) in [5.41, 5.74) is 0.911. The van der Waals surface area contributed by atoms with Crippen LogP contribution >= 0.6 is 11.8 Å². The fourth-order valence-corrected chi connectivity index (χ4v) is 3.97. The molecule has 0 spiro atoms. The van der Waals surface area contributed by atoms with E-state index in [2.05, 4.69) is 10.3 Å². The molecule has 0 unspecified atom stereocenters. The zero-order chi connectivity index (χ0) is 16.5. The van der Waals surface area contributed by atoms with Crippen molar-refractivity contribution in [1.82, 2.24) is 5.32 Å². The van der Waals surface area contributed by atoms with E-state index in [1.54, 1.807) is 18.9 Å². The number of amides is 1. The van der Waals surface area contributed by atoms with Crippen molar-refractivity contribution < 1.29 is 9.53 Å². The van der Waals surface area contributed by atoms with Gasteiger partial charge in [-0.1, -0.05) is 49.2 Å². The quantitative estimate of drug-likeness (QED) is 0.491. The molecule has 4 nitrogen and oxygen atoms in total. The minimum absolute atomic E-state index is 0.0149. The summed E-state index contributed by atoms with van der Waals surface area (Å²) >= 11 is 1.66. The van der Waals surface area contributed by atoms with Gasteiger partial charge < -0.3 is 10.1 Å². The minimum Gasteiger partial charge on any atom is -0.496 e. The Morgan fingerprint density at radius 3 is 2.74 bits per heavy atom. The van der Waals surface area contributed by atoms with Gasteiger partial charge in [-0.3, -0.25) is 9.79 Å². The Kier molecular flexibility index (Phi) is 7.46. The molecule has 1 fully saturated rings. The molecule has 1 aromatic carbocycles. The van der Waals surface area contributed by atoms with Crippen LogP contribution in [0.5, 0.6) is 5.75 Å². The molecule has 126 valence electrons. The Labute approximate surface area is 143 Å². The van der Waals surface area contributed by atoms with Crippen LogP contribution in [-0.2, 0) is 11.2 Å². The van der Waals surface area contributed by atoms with Crippen molar-refractivity contribution in [1.29, 1.82) is 0 Å².